The van der Waals surface area contributed by atoms with Gasteiger partial charge in [0.15, 0.2) is 20.9 Å². The van der Waals surface area contributed by atoms with Crippen LogP contribution in [-0.2, 0) is 9.59 Å². The van der Waals surface area contributed by atoms with E-state index in [2.05, 4.69) is 59.6 Å². The summed E-state index contributed by atoms with van der Waals surface area (Å²) in [6.07, 6.45) is 18.3. The fraction of sp³-hybridized carbons (Fsp3) is 0.632. The summed E-state index contributed by atoms with van der Waals surface area (Å²) in [7, 11) is 0. The van der Waals surface area contributed by atoms with Gasteiger partial charge in [0, 0.05) is 13.1 Å². The molecular weight excluding hydrogens is 708 g/mol. The summed E-state index contributed by atoms with van der Waals surface area (Å²) >= 11 is 6.94. The highest BCUT2D eigenvalue weighted by Crippen LogP contribution is 2.48. The molecule has 0 bridgehead atoms. The van der Waals surface area contributed by atoms with E-state index in [0.717, 1.165) is 64.2 Å². The van der Waals surface area contributed by atoms with Gasteiger partial charge < -0.3 is 18.6 Å². The molecular formula is C38H54Br2N2O4. The number of halogens is 2. The molecule has 8 heteroatoms. The van der Waals surface area contributed by atoms with Crippen molar-refractivity contribution in [3.8, 4) is 0 Å². The molecule has 0 N–H and O–H groups in total. The average molecular weight is 763 g/mol. The largest absolute Gasteiger partial charge is 0.448 e. The lowest BCUT2D eigenvalue weighted by molar-refractivity contribution is -0.124. The van der Waals surface area contributed by atoms with Crippen molar-refractivity contribution in [2.45, 2.75) is 130 Å². The first-order valence-electron chi connectivity index (χ1n) is 18.0. The zero-order valence-electron chi connectivity index (χ0n) is 28.5. The van der Waals surface area contributed by atoms with E-state index in [-0.39, 0.29) is 11.8 Å². The fourth-order valence-corrected chi connectivity index (χ4v) is 7.63. The number of fused-ring (bicyclic) bond motifs is 1. The standard InChI is InChI=1S/C38H54Br2N2O4/c1-5-9-13-15-19-27(17-11-7-3)25-41-35(29-21-23-31(39)45-29)33-34(37(41)43)36(30-22-24-32(40)46-30)42(38(33)44)26-28(18-12-8-4)20-16-14-10-6-2/h21-24,27-28H,5-20,25-26H2,1-4H3. The molecule has 0 spiro atoms. The van der Waals surface area contributed by atoms with Crippen molar-refractivity contribution in [3.05, 3.63) is 56.3 Å². The second kappa shape index (κ2) is 18.5. The Hall–Kier alpha value is -2.06. The van der Waals surface area contributed by atoms with Gasteiger partial charge in [-0.3, -0.25) is 9.59 Å². The lowest BCUT2D eigenvalue weighted by Crippen LogP contribution is -2.34. The van der Waals surface area contributed by atoms with E-state index < -0.39 is 0 Å². The summed E-state index contributed by atoms with van der Waals surface area (Å²) in [6, 6.07) is 7.42. The van der Waals surface area contributed by atoms with Crippen molar-refractivity contribution in [3.63, 3.8) is 0 Å². The number of carbonyl (C=O) groups excluding carboxylic acids is 2. The number of hydrogen-bond donors (Lipinski definition) is 0. The van der Waals surface area contributed by atoms with Gasteiger partial charge in [-0.2, -0.15) is 0 Å². The first-order chi connectivity index (χ1) is 22.3. The number of rotatable bonds is 22. The average Bonchev–Trinajstić information content (AvgIpc) is 3.80. The van der Waals surface area contributed by atoms with Crippen molar-refractivity contribution in [1.82, 2.24) is 9.80 Å². The molecule has 0 aliphatic carbocycles. The predicted molar refractivity (Wildman–Crippen MR) is 194 cm³/mol. The van der Waals surface area contributed by atoms with Crippen LogP contribution in [0.25, 0.3) is 11.4 Å². The maximum absolute atomic E-state index is 14.7. The van der Waals surface area contributed by atoms with E-state index in [1.165, 1.54) is 38.5 Å². The van der Waals surface area contributed by atoms with Crippen molar-refractivity contribution in [1.29, 1.82) is 0 Å². The summed E-state index contributed by atoms with van der Waals surface area (Å²) in [6.45, 7) is 10.1. The molecule has 0 aromatic carbocycles. The van der Waals surface area contributed by atoms with Crippen LogP contribution in [0, 0.1) is 11.8 Å². The molecule has 2 aromatic heterocycles. The third kappa shape index (κ3) is 9.09. The fourth-order valence-electron chi connectivity index (χ4n) is 7.02. The van der Waals surface area contributed by atoms with E-state index in [1.54, 1.807) is 0 Å². The van der Waals surface area contributed by atoms with Gasteiger partial charge >= 0.3 is 0 Å². The van der Waals surface area contributed by atoms with Crippen molar-refractivity contribution >= 4 is 55.1 Å². The molecule has 254 valence electrons. The molecule has 0 saturated heterocycles. The Kier molecular flexibility index (Phi) is 14.8. The van der Waals surface area contributed by atoms with E-state index >= 15 is 0 Å². The van der Waals surface area contributed by atoms with Crippen molar-refractivity contribution in [2.75, 3.05) is 13.1 Å². The van der Waals surface area contributed by atoms with Gasteiger partial charge in [0.2, 0.25) is 0 Å². The van der Waals surface area contributed by atoms with Crippen LogP contribution in [0.1, 0.15) is 142 Å². The second-order valence-corrected chi connectivity index (χ2v) is 14.8. The Labute approximate surface area is 293 Å². The van der Waals surface area contributed by atoms with Crippen LogP contribution in [-0.4, -0.2) is 34.7 Å². The number of carbonyl (C=O) groups is 2. The first kappa shape index (κ1) is 36.8. The van der Waals surface area contributed by atoms with Crippen LogP contribution in [0.4, 0.5) is 0 Å². The normalized spacial score (nSPS) is 16.4. The summed E-state index contributed by atoms with van der Waals surface area (Å²) in [4.78, 5) is 33.1. The van der Waals surface area contributed by atoms with Crippen molar-refractivity contribution in [2.24, 2.45) is 11.8 Å². The summed E-state index contributed by atoms with van der Waals surface area (Å²) in [5.41, 5.74) is 2.11. The minimum atomic E-state index is -0.126. The minimum Gasteiger partial charge on any atom is -0.448 e. The van der Waals surface area contributed by atoms with Gasteiger partial charge in [0.1, 0.15) is 11.4 Å². The summed E-state index contributed by atoms with van der Waals surface area (Å²) in [5.74, 6) is 1.54. The first-order valence-corrected chi connectivity index (χ1v) is 19.6. The second-order valence-electron chi connectivity index (χ2n) is 13.2. The Morgan fingerprint density at radius 2 is 0.913 bits per heavy atom. The van der Waals surface area contributed by atoms with E-state index in [9.17, 15) is 9.59 Å². The zero-order chi connectivity index (χ0) is 33.1. The lowest BCUT2D eigenvalue weighted by Gasteiger charge is -2.29. The molecule has 0 radical (unpaired) electrons. The number of furan rings is 2. The molecule has 0 fully saturated rings. The topological polar surface area (TPSA) is 66.9 Å². The third-order valence-corrected chi connectivity index (χ3v) is 10.4. The van der Waals surface area contributed by atoms with Crippen LogP contribution < -0.4 is 0 Å². The minimum absolute atomic E-state index is 0.126. The van der Waals surface area contributed by atoms with E-state index in [0.29, 0.717) is 68.3 Å². The molecule has 6 nitrogen and oxygen atoms in total. The quantitative estimate of drug-likeness (QED) is 0.112. The molecule has 46 heavy (non-hydrogen) atoms. The molecule has 4 heterocycles. The van der Waals surface area contributed by atoms with Crippen LogP contribution in [0.3, 0.4) is 0 Å². The molecule has 2 aliphatic heterocycles. The maximum Gasteiger partial charge on any atom is 0.261 e. The monoisotopic (exact) mass is 760 g/mol. The number of nitrogens with zero attached hydrogens (tertiary/aromatic N) is 2. The van der Waals surface area contributed by atoms with E-state index in [4.69, 9.17) is 8.83 Å². The molecule has 2 unspecified atom stereocenters. The molecule has 2 amide bonds. The Bertz CT molecular complexity index is 1250. The van der Waals surface area contributed by atoms with Crippen LogP contribution >= 0.6 is 31.9 Å². The number of hydrogen-bond acceptors (Lipinski definition) is 4. The van der Waals surface area contributed by atoms with Crippen LogP contribution in [0.15, 0.2) is 53.6 Å². The van der Waals surface area contributed by atoms with Gasteiger partial charge in [-0.1, -0.05) is 105 Å². The Morgan fingerprint density at radius 3 is 1.24 bits per heavy atom. The Balaban J connectivity index is 1.77. The van der Waals surface area contributed by atoms with Crippen LogP contribution in [0.5, 0.6) is 0 Å². The van der Waals surface area contributed by atoms with E-state index in [1.807, 2.05) is 34.1 Å². The third-order valence-electron chi connectivity index (χ3n) is 9.54. The molecule has 2 atom stereocenters. The molecule has 0 saturated carbocycles. The molecule has 4 rings (SSSR count). The SMILES string of the molecule is CCCCCCC(CCCC)CN1C(=O)C2=C(c3ccc(Br)o3)N(CC(CCCC)CCCCCC)C(=O)C2=C1c1ccc(Br)o1. The van der Waals surface area contributed by atoms with Gasteiger partial charge in [-0.15, -0.1) is 0 Å². The lowest BCUT2D eigenvalue weighted by atomic mass is 9.94. The zero-order valence-corrected chi connectivity index (χ0v) is 31.6. The Morgan fingerprint density at radius 1 is 0.543 bits per heavy atom. The van der Waals surface area contributed by atoms with Gasteiger partial charge in [-0.05, 0) is 93.6 Å². The maximum atomic E-state index is 14.7. The predicted octanol–water partition coefficient (Wildman–Crippen LogP) is 11.8. The highest BCUT2D eigenvalue weighted by molar-refractivity contribution is 9.10. The van der Waals surface area contributed by atoms with Crippen molar-refractivity contribution < 1.29 is 18.4 Å². The number of amides is 2. The molecule has 2 aromatic rings. The summed E-state index contributed by atoms with van der Waals surface area (Å²) < 4.78 is 13.4. The highest BCUT2D eigenvalue weighted by atomic mass is 79.9. The smallest absolute Gasteiger partial charge is 0.261 e. The van der Waals surface area contributed by atoms with Gasteiger partial charge in [-0.25, -0.2) is 0 Å². The molecule has 2 aliphatic rings. The summed E-state index contributed by atoms with van der Waals surface area (Å²) in [5, 5.41) is 0. The van der Waals surface area contributed by atoms with Gasteiger partial charge in [0.25, 0.3) is 11.8 Å². The van der Waals surface area contributed by atoms with Gasteiger partial charge in [0.05, 0.1) is 11.1 Å². The number of unbranched alkanes of at least 4 members (excludes halogenated alkanes) is 8. The highest BCUT2D eigenvalue weighted by Gasteiger charge is 2.51. The van der Waals surface area contributed by atoms with Crippen LogP contribution in [0.2, 0.25) is 0 Å².